The van der Waals surface area contributed by atoms with Gasteiger partial charge in [0.05, 0.1) is 5.60 Å². The average Bonchev–Trinajstić information content (AvgIpc) is 2.21. The molecule has 3 nitrogen and oxygen atoms in total. The molecular weight excluding hydrogens is 190 g/mol. The molecule has 1 rings (SSSR count). The first-order chi connectivity index (χ1) is 6.98. The monoisotopic (exact) mass is 209 g/mol. The standard InChI is InChI=1S/C12H19NO2/c1-9(2)12(15,8-13)7-10-3-5-11(14)6-4-10/h3-6,9,14-15H,7-8,13H2,1-2H3. The van der Waals surface area contributed by atoms with Crippen molar-refractivity contribution >= 4 is 0 Å². The van der Waals surface area contributed by atoms with E-state index >= 15 is 0 Å². The van der Waals surface area contributed by atoms with Crippen molar-refractivity contribution in [2.24, 2.45) is 11.7 Å². The van der Waals surface area contributed by atoms with Crippen molar-refractivity contribution in [2.45, 2.75) is 25.9 Å². The normalized spacial score (nSPS) is 15.3. The van der Waals surface area contributed by atoms with E-state index in [2.05, 4.69) is 0 Å². The Labute approximate surface area is 90.5 Å². The Morgan fingerprint density at radius 3 is 2.20 bits per heavy atom. The molecule has 0 aliphatic rings. The lowest BCUT2D eigenvalue weighted by Gasteiger charge is -2.30. The molecular formula is C12H19NO2. The number of aliphatic hydroxyl groups is 1. The van der Waals surface area contributed by atoms with E-state index in [4.69, 9.17) is 10.8 Å². The third-order valence-electron chi connectivity index (χ3n) is 2.87. The molecule has 0 saturated heterocycles. The van der Waals surface area contributed by atoms with Crippen LogP contribution in [0.25, 0.3) is 0 Å². The van der Waals surface area contributed by atoms with Gasteiger partial charge in [-0.2, -0.15) is 0 Å². The minimum Gasteiger partial charge on any atom is -0.508 e. The van der Waals surface area contributed by atoms with E-state index in [1.165, 1.54) is 0 Å². The highest BCUT2D eigenvalue weighted by Crippen LogP contribution is 2.22. The number of phenolic OH excluding ortho intramolecular Hbond substituents is 1. The number of phenols is 1. The molecule has 0 bridgehead atoms. The molecule has 0 spiro atoms. The zero-order valence-electron chi connectivity index (χ0n) is 9.27. The van der Waals surface area contributed by atoms with Gasteiger partial charge in [0, 0.05) is 13.0 Å². The highest BCUT2D eigenvalue weighted by molar-refractivity contribution is 5.27. The fourth-order valence-electron chi connectivity index (χ4n) is 1.48. The number of benzene rings is 1. The molecule has 1 unspecified atom stereocenters. The summed E-state index contributed by atoms with van der Waals surface area (Å²) in [6.45, 7) is 4.14. The Balaban J connectivity index is 2.79. The molecule has 0 saturated carbocycles. The van der Waals surface area contributed by atoms with E-state index < -0.39 is 5.60 Å². The summed E-state index contributed by atoms with van der Waals surface area (Å²) in [5, 5.41) is 19.4. The van der Waals surface area contributed by atoms with Gasteiger partial charge >= 0.3 is 0 Å². The molecule has 1 aromatic carbocycles. The Kier molecular flexibility index (Phi) is 3.72. The summed E-state index contributed by atoms with van der Waals surface area (Å²) in [5.41, 5.74) is 5.70. The van der Waals surface area contributed by atoms with E-state index in [-0.39, 0.29) is 18.2 Å². The van der Waals surface area contributed by atoms with Crippen molar-refractivity contribution in [2.75, 3.05) is 6.54 Å². The van der Waals surface area contributed by atoms with Gasteiger partial charge in [-0.1, -0.05) is 26.0 Å². The van der Waals surface area contributed by atoms with Crippen LogP contribution in [0.5, 0.6) is 5.75 Å². The van der Waals surface area contributed by atoms with Gasteiger partial charge in [0.1, 0.15) is 5.75 Å². The highest BCUT2D eigenvalue weighted by atomic mass is 16.3. The molecule has 84 valence electrons. The van der Waals surface area contributed by atoms with Gasteiger partial charge in [-0.15, -0.1) is 0 Å². The van der Waals surface area contributed by atoms with Crippen molar-refractivity contribution in [3.8, 4) is 5.75 Å². The second-order valence-electron chi connectivity index (χ2n) is 4.31. The minimum absolute atomic E-state index is 0.108. The Morgan fingerprint density at radius 1 is 1.27 bits per heavy atom. The average molecular weight is 209 g/mol. The third-order valence-corrected chi connectivity index (χ3v) is 2.87. The zero-order valence-corrected chi connectivity index (χ0v) is 9.27. The molecule has 0 amide bonds. The lowest BCUT2D eigenvalue weighted by Crippen LogP contribution is -2.44. The van der Waals surface area contributed by atoms with Crippen LogP contribution in [0, 0.1) is 5.92 Å². The first-order valence-corrected chi connectivity index (χ1v) is 5.18. The number of aromatic hydroxyl groups is 1. The fraction of sp³-hybridized carbons (Fsp3) is 0.500. The molecule has 3 heteroatoms. The molecule has 1 atom stereocenters. The van der Waals surface area contributed by atoms with Crippen molar-refractivity contribution < 1.29 is 10.2 Å². The van der Waals surface area contributed by atoms with Crippen LogP contribution < -0.4 is 5.73 Å². The Bertz CT molecular complexity index is 308. The van der Waals surface area contributed by atoms with Crippen LogP contribution >= 0.6 is 0 Å². The van der Waals surface area contributed by atoms with Crippen LogP contribution in [-0.4, -0.2) is 22.4 Å². The van der Waals surface area contributed by atoms with E-state index in [1.54, 1.807) is 24.3 Å². The van der Waals surface area contributed by atoms with Crippen LogP contribution in [0.2, 0.25) is 0 Å². The third kappa shape index (κ3) is 2.94. The molecule has 15 heavy (non-hydrogen) atoms. The van der Waals surface area contributed by atoms with E-state index in [9.17, 15) is 5.11 Å². The van der Waals surface area contributed by atoms with Crippen LogP contribution in [-0.2, 0) is 6.42 Å². The number of hydrogen-bond donors (Lipinski definition) is 3. The second kappa shape index (κ2) is 4.64. The summed E-state index contributed by atoms with van der Waals surface area (Å²) in [7, 11) is 0. The first-order valence-electron chi connectivity index (χ1n) is 5.18. The maximum atomic E-state index is 10.2. The van der Waals surface area contributed by atoms with Crippen molar-refractivity contribution in [3.05, 3.63) is 29.8 Å². The lowest BCUT2D eigenvalue weighted by atomic mass is 9.84. The smallest absolute Gasteiger partial charge is 0.115 e. The second-order valence-corrected chi connectivity index (χ2v) is 4.31. The number of nitrogens with two attached hydrogens (primary N) is 1. The van der Waals surface area contributed by atoms with Gasteiger partial charge in [0.15, 0.2) is 0 Å². The largest absolute Gasteiger partial charge is 0.508 e. The number of rotatable bonds is 4. The van der Waals surface area contributed by atoms with Gasteiger partial charge in [-0.05, 0) is 23.6 Å². The van der Waals surface area contributed by atoms with E-state index in [0.29, 0.717) is 6.42 Å². The number of hydrogen-bond acceptors (Lipinski definition) is 3. The predicted octanol–water partition coefficient (Wildman–Crippen LogP) is 1.28. The maximum absolute atomic E-state index is 10.2. The van der Waals surface area contributed by atoms with Crippen LogP contribution in [0.3, 0.4) is 0 Å². The summed E-state index contributed by atoms with van der Waals surface area (Å²) in [5.74, 6) is 0.343. The molecule has 4 N–H and O–H groups in total. The van der Waals surface area contributed by atoms with Crippen molar-refractivity contribution in [3.63, 3.8) is 0 Å². The lowest BCUT2D eigenvalue weighted by molar-refractivity contribution is 0.00407. The summed E-state index contributed by atoms with van der Waals surface area (Å²) >= 11 is 0. The van der Waals surface area contributed by atoms with Gasteiger partial charge < -0.3 is 15.9 Å². The fourth-order valence-corrected chi connectivity index (χ4v) is 1.48. The quantitative estimate of drug-likeness (QED) is 0.700. The van der Waals surface area contributed by atoms with Gasteiger partial charge in [0.25, 0.3) is 0 Å². The Hall–Kier alpha value is -1.06. The maximum Gasteiger partial charge on any atom is 0.115 e. The topological polar surface area (TPSA) is 66.5 Å². The summed E-state index contributed by atoms with van der Waals surface area (Å²) < 4.78 is 0. The van der Waals surface area contributed by atoms with Crippen LogP contribution in [0.1, 0.15) is 19.4 Å². The molecule has 0 aromatic heterocycles. The first kappa shape index (κ1) is 12.0. The zero-order chi connectivity index (χ0) is 11.5. The van der Waals surface area contributed by atoms with Gasteiger partial charge in [0.2, 0.25) is 0 Å². The van der Waals surface area contributed by atoms with Crippen molar-refractivity contribution in [1.82, 2.24) is 0 Å². The summed E-state index contributed by atoms with van der Waals surface area (Å²) in [6, 6.07) is 6.84. The van der Waals surface area contributed by atoms with Crippen molar-refractivity contribution in [1.29, 1.82) is 0 Å². The molecule has 0 heterocycles. The van der Waals surface area contributed by atoms with Gasteiger partial charge in [-0.25, -0.2) is 0 Å². The van der Waals surface area contributed by atoms with E-state index in [0.717, 1.165) is 5.56 Å². The van der Waals surface area contributed by atoms with Crippen LogP contribution in [0.15, 0.2) is 24.3 Å². The minimum atomic E-state index is -0.864. The molecule has 0 fully saturated rings. The molecule has 0 radical (unpaired) electrons. The summed E-state index contributed by atoms with van der Waals surface area (Å²) in [6.07, 6.45) is 0.515. The molecule has 0 aliphatic carbocycles. The van der Waals surface area contributed by atoms with Gasteiger partial charge in [-0.3, -0.25) is 0 Å². The predicted molar refractivity (Wildman–Crippen MR) is 60.7 cm³/mol. The molecule has 0 aliphatic heterocycles. The highest BCUT2D eigenvalue weighted by Gasteiger charge is 2.29. The SMILES string of the molecule is CC(C)C(O)(CN)Cc1ccc(O)cc1. The van der Waals surface area contributed by atoms with E-state index in [1.807, 2.05) is 13.8 Å². The molecule has 1 aromatic rings. The van der Waals surface area contributed by atoms with Crippen LogP contribution in [0.4, 0.5) is 0 Å². The summed E-state index contributed by atoms with van der Waals surface area (Å²) in [4.78, 5) is 0. The Morgan fingerprint density at radius 2 is 1.80 bits per heavy atom.